The van der Waals surface area contributed by atoms with Crippen LogP contribution in [-0.2, 0) is 6.54 Å². The van der Waals surface area contributed by atoms with Crippen LogP contribution >= 0.6 is 0 Å². The first kappa shape index (κ1) is 16.4. The van der Waals surface area contributed by atoms with E-state index < -0.39 is 0 Å². The molecule has 1 aromatic heterocycles. The summed E-state index contributed by atoms with van der Waals surface area (Å²) in [5.41, 5.74) is 4.52. The van der Waals surface area contributed by atoms with Crippen LogP contribution in [0.2, 0.25) is 0 Å². The van der Waals surface area contributed by atoms with Crippen molar-refractivity contribution in [1.82, 2.24) is 14.7 Å². The second-order valence-electron chi connectivity index (χ2n) is 7.64. The molecule has 132 valence electrons. The fourth-order valence-corrected chi connectivity index (χ4v) is 4.73. The monoisotopic (exact) mass is 337 g/mol. The summed E-state index contributed by atoms with van der Waals surface area (Å²) in [6.45, 7) is 7.00. The number of carbonyl (C=O) groups is 1. The maximum absolute atomic E-state index is 13.2. The van der Waals surface area contributed by atoms with E-state index >= 15 is 0 Å². The van der Waals surface area contributed by atoms with Crippen LogP contribution in [0.5, 0.6) is 0 Å². The van der Waals surface area contributed by atoms with Gasteiger partial charge in [0.1, 0.15) is 0 Å². The third-order valence-electron chi connectivity index (χ3n) is 6.15. The topological polar surface area (TPSA) is 38.1 Å². The van der Waals surface area contributed by atoms with E-state index in [2.05, 4.69) is 48.1 Å². The fraction of sp³-hybridized carbons (Fsp3) is 0.524. The maximum Gasteiger partial charge on any atom is 0.257 e. The van der Waals surface area contributed by atoms with Gasteiger partial charge in [0.05, 0.1) is 11.8 Å². The fourth-order valence-electron chi connectivity index (χ4n) is 4.73. The first-order chi connectivity index (χ1) is 12.1. The molecule has 0 N–H and O–H groups in total. The molecule has 0 radical (unpaired) electrons. The molecule has 0 saturated carbocycles. The Morgan fingerprint density at radius 1 is 1.12 bits per heavy atom. The number of carbonyl (C=O) groups excluding carboxylic acids is 1. The van der Waals surface area contributed by atoms with E-state index in [4.69, 9.17) is 0 Å². The van der Waals surface area contributed by atoms with Crippen LogP contribution in [-0.4, -0.2) is 32.7 Å². The molecule has 1 aromatic carbocycles. The number of aryl methyl sites for hydroxylation is 2. The molecule has 4 heteroatoms. The van der Waals surface area contributed by atoms with Crippen LogP contribution < -0.4 is 0 Å². The van der Waals surface area contributed by atoms with Gasteiger partial charge in [0.15, 0.2) is 0 Å². The van der Waals surface area contributed by atoms with Gasteiger partial charge in [-0.1, -0.05) is 29.8 Å². The molecular weight excluding hydrogens is 310 g/mol. The van der Waals surface area contributed by atoms with Crippen molar-refractivity contribution in [2.24, 2.45) is 0 Å². The number of rotatable bonds is 3. The molecule has 0 aliphatic carbocycles. The van der Waals surface area contributed by atoms with Gasteiger partial charge in [-0.3, -0.25) is 9.48 Å². The zero-order chi connectivity index (χ0) is 17.6. The summed E-state index contributed by atoms with van der Waals surface area (Å²) in [6.07, 6.45) is 6.21. The van der Waals surface area contributed by atoms with Gasteiger partial charge in [-0.15, -0.1) is 0 Å². The maximum atomic E-state index is 13.2. The van der Waals surface area contributed by atoms with Gasteiger partial charge in [0, 0.05) is 24.3 Å². The molecule has 25 heavy (non-hydrogen) atoms. The second kappa shape index (κ2) is 6.32. The van der Waals surface area contributed by atoms with Crippen LogP contribution in [0.1, 0.15) is 65.7 Å². The van der Waals surface area contributed by atoms with E-state index in [1.54, 1.807) is 6.20 Å². The molecule has 0 unspecified atom stereocenters. The number of benzene rings is 1. The standard InChI is InChI=1S/C21H27N3O/c1-4-23-15(3)20(13-22-23)21(25)24-18-9-10-19(24)12-17(11-18)16-7-5-14(2)6-8-16/h5-8,13,17-19H,4,9-12H2,1-3H3/t17-,18+,19-. The van der Waals surface area contributed by atoms with E-state index in [9.17, 15) is 4.79 Å². The summed E-state index contributed by atoms with van der Waals surface area (Å²) in [4.78, 5) is 15.3. The van der Waals surface area contributed by atoms with Gasteiger partial charge in [0.2, 0.25) is 0 Å². The van der Waals surface area contributed by atoms with Crippen molar-refractivity contribution >= 4 is 5.91 Å². The smallest absolute Gasteiger partial charge is 0.257 e. The quantitative estimate of drug-likeness (QED) is 0.847. The van der Waals surface area contributed by atoms with Crippen LogP contribution in [0.25, 0.3) is 0 Å². The molecule has 4 rings (SSSR count). The van der Waals surface area contributed by atoms with Crippen molar-refractivity contribution in [2.75, 3.05) is 0 Å². The molecule has 2 bridgehead atoms. The Hall–Kier alpha value is -2.10. The van der Waals surface area contributed by atoms with E-state index in [1.165, 1.54) is 11.1 Å². The Balaban J connectivity index is 1.55. The zero-order valence-corrected chi connectivity index (χ0v) is 15.4. The van der Waals surface area contributed by atoms with Crippen molar-refractivity contribution in [3.05, 3.63) is 52.8 Å². The molecule has 2 fully saturated rings. The number of fused-ring (bicyclic) bond motifs is 2. The van der Waals surface area contributed by atoms with E-state index in [0.717, 1.165) is 43.5 Å². The average molecular weight is 337 g/mol. The van der Waals surface area contributed by atoms with E-state index in [0.29, 0.717) is 18.0 Å². The molecule has 2 aromatic rings. The Morgan fingerprint density at radius 2 is 1.76 bits per heavy atom. The molecule has 0 spiro atoms. The highest BCUT2D eigenvalue weighted by Crippen LogP contribution is 2.43. The van der Waals surface area contributed by atoms with Gasteiger partial charge < -0.3 is 4.90 Å². The van der Waals surface area contributed by atoms with Crippen LogP contribution in [0.3, 0.4) is 0 Å². The summed E-state index contributed by atoms with van der Waals surface area (Å²) < 4.78 is 1.91. The summed E-state index contributed by atoms with van der Waals surface area (Å²) in [5, 5.41) is 4.36. The summed E-state index contributed by atoms with van der Waals surface area (Å²) in [5.74, 6) is 0.772. The van der Waals surface area contributed by atoms with Crippen molar-refractivity contribution in [1.29, 1.82) is 0 Å². The molecule has 2 aliphatic heterocycles. The Labute approximate surface area is 149 Å². The lowest BCUT2D eigenvalue weighted by Gasteiger charge is -2.39. The number of amides is 1. The lowest BCUT2D eigenvalue weighted by atomic mass is 9.84. The van der Waals surface area contributed by atoms with Crippen molar-refractivity contribution in [2.45, 2.75) is 71.0 Å². The van der Waals surface area contributed by atoms with Crippen LogP contribution in [0.4, 0.5) is 0 Å². The van der Waals surface area contributed by atoms with Crippen LogP contribution in [0.15, 0.2) is 30.5 Å². The molecule has 2 saturated heterocycles. The predicted octanol–water partition coefficient (Wildman–Crippen LogP) is 4.07. The van der Waals surface area contributed by atoms with Gasteiger partial charge in [-0.25, -0.2) is 0 Å². The first-order valence-corrected chi connectivity index (χ1v) is 9.50. The zero-order valence-electron chi connectivity index (χ0n) is 15.4. The molecule has 3 atom stereocenters. The van der Waals surface area contributed by atoms with E-state index in [-0.39, 0.29) is 5.91 Å². The summed E-state index contributed by atoms with van der Waals surface area (Å²) in [7, 11) is 0. The molecule has 2 aliphatic rings. The largest absolute Gasteiger partial charge is 0.333 e. The number of nitrogens with zero attached hydrogens (tertiary/aromatic N) is 3. The molecular formula is C21H27N3O. The summed E-state index contributed by atoms with van der Waals surface area (Å²) in [6, 6.07) is 9.71. The highest BCUT2D eigenvalue weighted by molar-refractivity contribution is 5.95. The minimum atomic E-state index is 0.187. The summed E-state index contributed by atoms with van der Waals surface area (Å²) >= 11 is 0. The van der Waals surface area contributed by atoms with Gasteiger partial charge >= 0.3 is 0 Å². The second-order valence-corrected chi connectivity index (χ2v) is 7.64. The lowest BCUT2D eigenvalue weighted by molar-refractivity contribution is 0.0570. The van der Waals surface area contributed by atoms with Crippen molar-refractivity contribution in [3.8, 4) is 0 Å². The van der Waals surface area contributed by atoms with Crippen molar-refractivity contribution in [3.63, 3.8) is 0 Å². The molecule has 1 amide bonds. The average Bonchev–Trinajstić information content (AvgIpc) is 3.11. The molecule has 4 nitrogen and oxygen atoms in total. The number of hydrogen-bond acceptors (Lipinski definition) is 2. The third-order valence-corrected chi connectivity index (χ3v) is 6.15. The Kier molecular flexibility index (Phi) is 4.14. The number of aromatic nitrogens is 2. The van der Waals surface area contributed by atoms with Gasteiger partial charge in [0.25, 0.3) is 5.91 Å². The first-order valence-electron chi connectivity index (χ1n) is 9.50. The SMILES string of the molecule is CCn1ncc(C(=O)N2[C@@H]3CC[C@H]2C[C@@H](c2ccc(C)cc2)C3)c1C. The highest BCUT2D eigenvalue weighted by Gasteiger charge is 2.44. The highest BCUT2D eigenvalue weighted by atomic mass is 16.2. The Bertz CT molecular complexity index is 763. The van der Waals surface area contributed by atoms with E-state index in [1.807, 2.05) is 11.6 Å². The van der Waals surface area contributed by atoms with Crippen LogP contribution in [0, 0.1) is 13.8 Å². The van der Waals surface area contributed by atoms with Gasteiger partial charge in [-0.05, 0) is 57.9 Å². The molecule has 3 heterocycles. The minimum Gasteiger partial charge on any atom is -0.333 e. The normalized spacial score (nSPS) is 25.4. The third kappa shape index (κ3) is 2.78. The number of piperidine rings is 1. The van der Waals surface area contributed by atoms with Gasteiger partial charge in [-0.2, -0.15) is 5.10 Å². The number of hydrogen-bond donors (Lipinski definition) is 0. The predicted molar refractivity (Wildman–Crippen MR) is 98.8 cm³/mol. The van der Waals surface area contributed by atoms with Crippen molar-refractivity contribution < 1.29 is 4.79 Å². The lowest BCUT2D eigenvalue weighted by Crippen LogP contribution is -2.46. The minimum absolute atomic E-state index is 0.187. The Morgan fingerprint density at radius 3 is 2.32 bits per heavy atom.